The molecule has 2 atom stereocenters. The third-order valence-electron chi connectivity index (χ3n) is 6.88. The Morgan fingerprint density at radius 1 is 0.848 bits per heavy atom. The molecule has 3 aliphatic rings. The number of para-hydroxylation sites is 1. The van der Waals surface area contributed by atoms with Gasteiger partial charge in [-0.3, -0.25) is 19.3 Å². The van der Waals surface area contributed by atoms with Crippen LogP contribution in [0, 0.1) is 0 Å². The highest BCUT2D eigenvalue weighted by atomic mass is 16.2. The predicted octanol–water partition coefficient (Wildman–Crippen LogP) is 0.719. The van der Waals surface area contributed by atoms with Crippen molar-refractivity contribution in [3.05, 3.63) is 66.2 Å². The summed E-state index contributed by atoms with van der Waals surface area (Å²) in [5, 5.41) is 2.69. The molecule has 33 heavy (non-hydrogen) atoms. The van der Waals surface area contributed by atoms with Crippen molar-refractivity contribution < 1.29 is 14.4 Å². The number of carbonyl (C=O) groups excluding carboxylic acids is 3. The van der Waals surface area contributed by atoms with Crippen LogP contribution in [0.5, 0.6) is 0 Å². The molecule has 0 bridgehead atoms. The molecule has 0 radical (unpaired) electrons. The maximum atomic E-state index is 13.8. The normalized spacial score (nSPS) is 22.5. The van der Waals surface area contributed by atoms with Gasteiger partial charge in [0.25, 0.3) is 0 Å². The molecule has 3 aliphatic heterocycles. The van der Waals surface area contributed by atoms with Gasteiger partial charge < -0.3 is 20.0 Å². The number of hydrogen-bond donors (Lipinski definition) is 1. The number of piperazine rings is 3. The SMILES string of the molecule is O=C1NCC(=O)N2CCN(C(C(=O)N3CCN(c4ccccc4)CC3)c3ccccc3)C[C@H]12. The lowest BCUT2D eigenvalue weighted by Gasteiger charge is -2.46. The van der Waals surface area contributed by atoms with Crippen LogP contribution in [0.25, 0.3) is 0 Å². The van der Waals surface area contributed by atoms with E-state index in [1.54, 1.807) is 4.90 Å². The van der Waals surface area contributed by atoms with Crippen LogP contribution in [0.15, 0.2) is 60.7 Å². The van der Waals surface area contributed by atoms with E-state index in [4.69, 9.17) is 0 Å². The molecule has 1 N–H and O–H groups in total. The molecular formula is C25H29N5O3. The van der Waals surface area contributed by atoms with Gasteiger partial charge in [0.15, 0.2) is 0 Å². The second-order valence-electron chi connectivity index (χ2n) is 8.78. The minimum atomic E-state index is -0.547. The number of hydrogen-bond acceptors (Lipinski definition) is 5. The Hall–Kier alpha value is -3.39. The Labute approximate surface area is 193 Å². The molecule has 3 saturated heterocycles. The van der Waals surface area contributed by atoms with Crippen molar-refractivity contribution >= 4 is 23.4 Å². The monoisotopic (exact) mass is 447 g/mol. The number of benzene rings is 2. The zero-order chi connectivity index (χ0) is 22.8. The summed E-state index contributed by atoms with van der Waals surface area (Å²) in [5.74, 6) is -0.140. The summed E-state index contributed by atoms with van der Waals surface area (Å²) in [6.07, 6.45) is 0. The Bertz CT molecular complexity index is 1010. The van der Waals surface area contributed by atoms with Gasteiger partial charge in [0, 0.05) is 51.5 Å². The lowest BCUT2D eigenvalue weighted by Crippen LogP contribution is -2.67. The number of anilines is 1. The minimum absolute atomic E-state index is 0.0566. The molecule has 3 heterocycles. The largest absolute Gasteiger partial charge is 0.368 e. The first kappa shape index (κ1) is 21.5. The highest BCUT2D eigenvalue weighted by molar-refractivity contribution is 5.95. The first-order valence-electron chi connectivity index (χ1n) is 11.6. The third kappa shape index (κ3) is 4.30. The standard InChI is InChI=1S/C25H29N5O3/c31-22-17-26-24(32)21-18-29(15-16-30(21)22)23(19-7-3-1-4-8-19)25(33)28-13-11-27(12-14-28)20-9-5-2-6-10-20/h1-10,21,23H,11-18H2,(H,26,32)/t21-,23?/m1/s1. The fourth-order valence-electron chi connectivity index (χ4n) is 5.09. The van der Waals surface area contributed by atoms with E-state index in [-0.39, 0.29) is 24.3 Å². The number of nitrogens with zero attached hydrogens (tertiary/aromatic N) is 4. The van der Waals surface area contributed by atoms with Crippen molar-refractivity contribution in [2.24, 2.45) is 0 Å². The molecule has 172 valence electrons. The molecule has 8 heteroatoms. The summed E-state index contributed by atoms with van der Waals surface area (Å²) >= 11 is 0. The fraction of sp³-hybridized carbons (Fsp3) is 0.400. The smallest absolute Gasteiger partial charge is 0.244 e. The number of fused-ring (bicyclic) bond motifs is 1. The van der Waals surface area contributed by atoms with Gasteiger partial charge in [-0.15, -0.1) is 0 Å². The van der Waals surface area contributed by atoms with Gasteiger partial charge >= 0.3 is 0 Å². The molecule has 0 spiro atoms. The molecule has 0 aliphatic carbocycles. The van der Waals surface area contributed by atoms with E-state index in [1.165, 1.54) is 5.69 Å². The summed E-state index contributed by atoms with van der Waals surface area (Å²) in [4.78, 5) is 46.5. The number of carbonyl (C=O) groups is 3. The van der Waals surface area contributed by atoms with Crippen molar-refractivity contribution in [3.8, 4) is 0 Å². The minimum Gasteiger partial charge on any atom is -0.368 e. The van der Waals surface area contributed by atoms with Crippen LogP contribution in [0.4, 0.5) is 5.69 Å². The number of amides is 3. The van der Waals surface area contributed by atoms with Crippen LogP contribution >= 0.6 is 0 Å². The van der Waals surface area contributed by atoms with Gasteiger partial charge in [0.05, 0.1) is 6.54 Å². The van der Waals surface area contributed by atoms with Gasteiger partial charge in [0.1, 0.15) is 12.1 Å². The molecule has 3 fully saturated rings. The van der Waals surface area contributed by atoms with Crippen LogP contribution in [-0.4, -0.2) is 90.8 Å². The van der Waals surface area contributed by atoms with Gasteiger partial charge in [-0.2, -0.15) is 0 Å². The average Bonchev–Trinajstić information content (AvgIpc) is 2.88. The highest BCUT2D eigenvalue weighted by Crippen LogP contribution is 2.28. The van der Waals surface area contributed by atoms with E-state index in [0.717, 1.165) is 18.7 Å². The molecule has 2 aromatic rings. The van der Waals surface area contributed by atoms with Crippen LogP contribution < -0.4 is 10.2 Å². The second-order valence-corrected chi connectivity index (χ2v) is 8.78. The van der Waals surface area contributed by atoms with E-state index in [0.29, 0.717) is 32.7 Å². The maximum Gasteiger partial charge on any atom is 0.244 e. The second kappa shape index (κ2) is 9.23. The quantitative estimate of drug-likeness (QED) is 0.748. The highest BCUT2D eigenvalue weighted by Gasteiger charge is 2.43. The topological polar surface area (TPSA) is 76.2 Å². The van der Waals surface area contributed by atoms with Crippen molar-refractivity contribution in [2.45, 2.75) is 12.1 Å². The van der Waals surface area contributed by atoms with Gasteiger partial charge in [0.2, 0.25) is 17.7 Å². The lowest BCUT2D eigenvalue weighted by molar-refractivity contribution is -0.152. The molecule has 5 rings (SSSR count). The molecule has 3 amide bonds. The zero-order valence-electron chi connectivity index (χ0n) is 18.6. The van der Waals surface area contributed by atoms with Gasteiger partial charge in [-0.05, 0) is 17.7 Å². The van der Waals surface area contributed by atoms with E-state index in [9.17, 15) is 14.4 Å². The van der Waals surface area contributed by atoms with Gasteiger partial charge in [-0.25, -0.2) is 0 Å². The first-order valence-corrected chi connectivity index (χ1v) is 11.6. The zero-order valence-corrected chi connectivity index (χ0v) is 18.6. The number of nitrogens with one attached hydrogen (secondary N) is 1. The fourth-order valence-corrected chi connectivity index (χ4v) is 5.09. The maximum absolute atomic E-state index is 13.8. The lowest BCUT2D eigenvalue weighted by atomic mass is 9.99. The Balaban J connectivity index is 1.34. The van der Waals surface area contributed by atoms with Crippen molar-refractivity contribution in [3.63, 3.8) is 0 Å². The van der Waals surface area contributed by atoms with E-state index in [1.807, 2.05) is 53.4 Å². The molecule has 0 saturated carbocycles. The Morgan fingerprint density at radius 3 is 2.21 bits per heavy atom. The Kier molecular flexibility index (Phi) is 6.00. The van der Waals surface area contributed by atoms with E-state index in [2.05, 4.69) is 27.2 Å². The Morgan fingerprint density at radius 2 is 1.52 bits per heavy atom. The summed E-state index contributed by atoms with van der Waals surface area (Å²) in [6.45, 7) is 4.29. The molecule has 2 aromatic carbocycles. The molecule has 8 nitrogen and oxygen atoms in total. The van der Waals surface area contributed by atoms with E-state index < -0.39 is 12.1 Å². The van der Waals surface area contributed by atoms with Crippen molar-refractivity contribution in [2.75, 3.05) is 57.3 Å². The predicted molar refractivity (Wildman–Crippen MR) is 125 cm³/mol. The van der Waals surface area contributed by atoms with Crippen molar-refractivity contribution in [1.29, 1.82) is 0 Å². The van der Waals surface area contributed by atoms with E-state index >= 15 is 0 Å². The molecular weight excluding hydrogens is 418 g/mol. The van der Waals surface area contributed by atoms with Gasteiger partial charge in [-0.1, -0.05) is 48.5 Å². The first-order chi connectivity index (χ1) is 16.1. The molecule has 0 aromatic heterocycles. The van der Waals surface area contributed by atoms with Crippen LogP contribution in [0.1, 0.15) is 11.6 Å². The van der Waals surface area contributed by atoms with Crippen LogP contribution in [0.3, 0.4) is 0 Å². The summed E-state index contributed by atoms with van der Waals surface area (Å²) < 4.78 is 0. The molecule has 1 unspecified atom stereocenters. The average molecular weight is 448 g/mol. The summed E-state index contributed by atoms with van der Waals surface area (Å²) in [7, 11) is 0. The summed E-state index contributed by atoms with van der Waals surface area (Å²) in [6, 6.07) is 19.0. The number of rotatable bonds is 4. The van der Waals surface area contributed by atoms with Crippen LogP contribution in [-0.2, 0) is 14.4 Å². The van der Waals surface area contributed by atoms with Crippen LogP contribution in [0.2, 0.25) is 0 Å². The summed E-state index contributed by atoms with van der Waals surface area (Å²) in [5.41, 5.74) is 2.09. The third-order valence-corrected chi connectivity index (χ3v) is 6.88. The van der Waals surface area contributed by atoms with Crippen molar-refractivity contribution in [1.82, 2.24) is 20.0 Å².